The molecule has 0 saturated heterocycles. The Morgan fingerprint density at radius 2 is 1.95 bits per heavy atom. The van der Waals surface area contributed by atoms with Crippen LogP contribution in [0.3, 0.4) is 0 Å². The van der Waals surface area contributed by atoms with E-state index in [0.29, 0.717) is 29.0 Å². The van der Waals surface area contributed by atoms with Gasteiger partial charge in [0.1, 0.15) is 6.61 Å². The lowest BCUT2D eigenvalue weighted by Gasteiger charge is -2.31. The number of methoxy groups -OCH3 is 1. The van der Waals surface area contributed by atoms with Crippen molar-refractivity contribution in [2.75, 3.05) is 7.11 Å². The molecule has 2 aliphatic rings. The molecule has 2 aromatic heterocycles. The van der Waals surface area contributed by atoms with E-state index in [1.165, 1.54) is 0 Å². The van der Waals surface area contributed by atoms with Crippen molar-refractivity contribution < 1.29 is 24.2 Å². The van der Waals surface area contributed by atoms with Gasteiger partial charge in [-0.2, -0.15) is 0 Å². The van der Waals surface area contributed by atoms with Crippen LogP contribution in [-0.4, -0.2) is 33.5 Å². The maximum atomic E-state index is 13.4. The molecule has 1 unspecified atom stereocenters. The number of carbonyl (C=O) groups is 2. The van der Waals surface area contributed by atoms with Gasteiger partial charge in [-0.25, -0.2) is 9.78 Å². The minimum absolute atomic E-state index is 0.0201. The number of fused-ring (bicyclic) bond motifs is 5. The van der Waals surface area contributed by atoms with Crippen molar-refractivity contribution in [1.29, 1.82) is 0 Å². The van der Waals surface area contributed by atoms with Crippen LogP contribution in [0.1, 0.15) is 58.5 Å². The summed E-state index contributed by atoms with van der Waals surface area (Å²) in [4.78, 5) is 43.7. The Hall–Kier alpha value is -4.14. The SMILES string of the molecule is CC[C@@]1(O)C(=O)OCc2c1cc1n(c2=O)Cc2cc3c(C(CC(=O)c4ccccc4)OC)cccc3nc2-1. The summed E-state index contributed by atoms with van der Waals surface area (Å²) in [6.07, 6.45) is -0.219. The monoisotopic (exact) mass is 510 g/mol. The molecule has 192 valence electrons. The van der Waals surface area contributed by atoms with Gasteiger partial charge in [0, 0.05) is 35.6 Å². The van der Waals surface area contributed by atoms with Gasteiger partial charge in [-0.15, -0.1) is 0 Å². The third-order valence-electron chi connectivity index (χ3n) is 7.68. The second-order valence-corrected chi connectivity index (χ2v) is 9.73. The molecule has 4 heterocycles. The molecule has 8 nitrogen and oxygen atoms in total. The van der Waals surface area contributed by atoms with Crippen LogP contribution >= 0.6 is 0 Å². The van der Waals surface area contributed by atoms with Crippen LogP contribution in [0.25, 0.3) is 22.3 Å². The predicted molar refractivity (Wildman–Crippen MR) is 140 cm³/mol. The number of aromatic nitrogens is 2. The molecular formula is C30H26N2O6. The maximum absolute atomic E-state index is 13.4. The summed E-state index contributed by atoms with van der Waals surface area (Å²) in [6, 6.07) is 18.5. The molecule has 0 radical (unpaired) electrons. The Morgan fingerprint density at radius 3 is 2.68 bits per heavy atom. The van der Waals surface area contributed by atoms with Crippen LogP contribution in [0.2, 0.25) is 0 Å². The van der Waals surface area contributed by atoms with E-state index < -0.39 is 17.7 Å². The Morgan fingerprint density at radius 1 is 1.16 bits per heavy atom. The van der Waals surface area contributed by atoms with Gasteiger partial charge < -0.3 is 19.1 Å². The van der Waals surface area contributed by atoms with Crippen LogP contribution in [0.5, 0.6) is 0 Å². The summed E-state index contributed by atoms with van der Waals surface area (Å²) in [5.41, 5.74) is 2.58. The van der Waals surface area contributed by atoms with Gasteiger partial charge in [0.15, 0.2) is 11.4 Å². The molecule has 38 heavy (non-hydrogen) atoms. The lowest BCUT2D eigenvalue weighted by atomic mass is 9.86. The van der Waals surface area contributed by atoms with Crippen molar-refractivity contribution in [3.05, 3.63) is 98.8 Å². The number of rotatable bonds is 6. The van der Waals surface area contributed by atoms with Crippen molar-refractivity contribution in [3.8, 4) is 11.4 Å². The molecule has 2 aromatic carbocycles. The van der Waals surface area contributed by atoms with Crippen LogP contribution in [0.4, 0.5) is 0 Å². The molecule has 2 atom stereocenters. The summed E-state index contributed by atoms with van der Waals surface area (Å²) in [6.45, 7) is 1.81. The first kappa shape index (κ1) is 24.2. The number of aliphatic hydroxyl groups is 1. The first-order valence-electron chi connectivity index (χ1n) is 12.6. The summed E-state index contributed by atoms with van der Waals surface area (Å²) >= 11 is 0. The van der Waals surface area contributed by atoms with Crippen molar-refractivity contribution in [3.63, 3.8) is 0 Å². The number of nitrogens with zero attached hydrogens (tertiary/aromatic N) is 2. The van der Waals surface area contributed by atoms with Crippen molar-refractivity contribution in [2.45, 2.75) is 44.6 Å². The molecular weight excluding hydrogens is 484 g/mol. The average molecular weight is 511 g/mol. The first-order chi connectivity index (χ1) is 18.4. The number of hydrogen-bond donors (Lipinski definition) is 1. The van der Waals surface area contributed by atoms with Gasteiger partial charge >= 0.3 is 5.97 Å². The number of cyclic esters (lactones) is 1. The van der Waals surface area contributed by atoms with Crippen LogP contribution in [0.15, 0.2) is 65.5 Å². The second kappa shape index (κ2) is 9.01. The van der Waals surface area contributed by atoms with E-state index in [1.54, 1.807) is 36.8 Å². The van der Waals surface area contributed by atoms with Gasteiger partial charge in [-0.1, -0.05) is 49.4 Å². The van der Waals surface area contributed by atoms with Crippen molar-refractivity contribution in [1.82, 2.24) is 9.55 Å². The van der Waals surface area contributed by atoms with Crippen LogP contribution in [0, 0.1) is 0 Å². The molecule has 0 fully saturated rings. The normalized spacial score (nSPS) is 18.4. The Labute approximate surface area is 218 Å². The van der Waals surface area contributed by atoms with Gasteiger partial charge in [0.2, 0.25) is 0 Å². The largest absolute Gasteiger partial charge is 0.458 e. The molecule has 8 heteroatoms. The number of pyridine rings is 2. The summed E-state index contributed by atoms with van der Waals surface area (Å²) < 4.78 is 12.5. The zero-order chi connectivity index (χ0) is 26.6. The van der Waals surface area contributed by atoms with E-state index in [-0.39, 0.29) is 41.9 Å². The number of carbonyl (C=O) groups excluding carboxylic acids is 2. The molecule has 0 amide bonds. The highest BCUT2D eigenvalue weighted by atomic mass is 16.6. The molecule has 1 N–H and O–H groups in total. The number of Topliss-reactive ketones (excluding diaryl/α,β-unsaturated/α-hetero) is 1. The third-order valence-corrected chi connectivity index (χ3v) is 7.68. The molecule has 0 spiro atoms. The van der Waals surface area contributed by atoms with E-state index in [4.69, 9.17) is 14.5 Å². The summed E-state index contributed by atoms with van der Waals surface area (Å²) in [5.74, 6) is -0.768. The van der Waals surface area contributed by atoms with Crippen molar-refractivity contribution in [2.24, 2.45) is 0 Å². The second-order valence-electron chi connectivity index (χ2n) is 9.73. The van der Waals surface area contributed by atoms with E-state index in [1.807, 2.05) is 42.5 Å². The highest BCUT2D eigenvalue weighted by Gasteiger charge is 2.45. The molecule has 4 aromatic rings. The highest BCUT2D eigenvalue weighted by Crippen LogP contribution is 2.39. The number of benzene rings is 2. The highest BCUT2D eigenvalue weighted by molar-refractivity contribution is 5.97. The van der Waals surface area contributed by atoms with E-state index >= 15 is 0 Å². The molecule has 0 saturated carbocycles. The van der Waals surface area contributed by atoms with Gasteiger partial charge in [-0.05, 0) is 30.2 Å². The van der Waals surface area contributed by atoms with E-state index in [9.17, 15) is 19.5 Å². The topological polar surface area (TPSA) is 108 Å². The average Bonchev–Trinajstić information content (AvgIpc) is 3.30. The fourth-order valence-corrected chi connectivity index (χ4v) is 5.54. The minimum Gasteiger partial charge on any atom is -0.458 e. The quantitative estimate of drug-likeness (QED) is 0.271. The number of ether oxygens (including phenoxy) is 2. The first-order valence-corrected chi connectivity index (χ1v) is 12.6. The third kappa shape index (κ3) is 3.60. The fraction of sp³-hybridized carbons (Fsp3) is 0.267. The van der Waals surface area contributed by atoms with Crippen LogP contribution < -0.4 is 5.56 Å². The zero-order valence-electron chi connectivity index (χ0n) is 21.1. The molecule has 6 rings (SSSR count). The van der Waals surface area contributed by atoms with Gasteiger partial charge in [0.25, 0.3) is 5.56 Å². The number of ketones is 1. The van der Waals surface area contributed by atoms with E-state index in [2.05, 4.69) is 0 Å². The Balaban J connectivity index is 1.44. The maximum Gasteiger partial charge on any atom is 0.343 e. The minimum atomic E-state index is -1.87. The summed E-state index contributed by atoms with van der Waals surface area (Å²) in [5, 5.41) is 11.9. The molecule has 0 bridgehead atoms. The van der Waals surface area contributed by atoms with Crippen LogP contribution in [-0.2, 0) is 33.0 Å². The molecule has 2 aliphatic heterocycles. The Kier molecular flexibility index (Phi) is 5.74. The Bertz CT molecular complexity index is 1680. The smallest absolute Gasteiger partial charge is 0.343 e. The lowest BCUT2D eigenvalue weighted by Crippen LogP contribution is -2.44. The van der Waals surface area contributed by atoms with Gasteiger partial charge in [0.05, 0.1) is 35.1 Å². The standard InChI is InChI=1S/C30H26N2O6/c1-3-30(36)22-13-24-27-18(15-32(24)28(34)21(22)16-38-29(30)35)12-20-19(10-7-11-23(20)31-27)26(37-2)14-25(33)17-8-5-4-6-9-17/h4-13,26,36H,3,14-16H2,1-2H3/t26?,30-/m0/s1. The van der Waals surface area contributed by atoms with Crippen molar-refractivity contribution >= 4 is 22.7 Å². The zero-order valence-corrected chi connectivity index (χ0v) is 21.1. The number of esters is 1. The predicted octanol–water partition coefficient (Wildman–Crippen LogP) is 4.04. The lowest BCUT2D eigenvalue weighted by molar-refractivity contribution is -0.172. The number of hydrogen-bond acceptors (Lipinski definition) is 7. The summed E-state index contributed by atoms with van der Waals surface area (Å²) in [7, 11) is 1.58. The van der Waals surface area contributed by atoms with Gasteiger partial charge in [-0.3, -0.25) is 9.59 Å². The molecule has 0 aliphatic carbocycles. The fourth-order valence-electron chi connectivity index (χ4n) is 5.54. The van der Waals surface area contributed by atoms with E-state index in [0.717, 1.165) is 16.5 Å².